The second kappa shape index (κ2) is 5.23. The van der Waals surface area contributed by atoms with Gasteiger partial charge in [0.15, 0.2) is 0 Å². The zero-order valence-corrected chi connectivity index (χ0v) is 9.22. The molecule has 1 heteroatoms. The van der Waals surface area contributed by atoms with Gasteiger partial charge >= 0.3 is 0 Å². The molecule has 0 atom stereocenters. The van der Waals surface area contributed by atoms with Crippen LogP contribution in [0.25, 0.3) is 0 Å². The Labute approximate surface area is 77.5 Å². The third-order valence-electron chi connectivity index (χ3n) is 2.20. The molecule has 0 aromatic rings. The van der Waals surface area contributed by atoms with Crippen molar-refractivity contribution >= 4 is 0 Å². The van der Waals surface area contributed by atoms with E-state index < -0.39 is 0 Å². The van der Waals surface area contributed by atoms with Gasteiger partial charge in [-0.05, 0) is 18.3 Å². The van der Waals surface area contributed by atoms with Crippen molar-refractivity contribution in [3.05, 3.63) is 12.3 Å². The van der Waals surface area contributed by atoms with E-state index in [4.69, 9.17) is 0 Å². The summed E-state index contributed by atoms with van der Waals surface area (Å²) < 4.78 is 0. The first-order chi connectivity index (χ1) is 5.45. The maximum Gasteiger partial charge on any atom is 0.0174 e. The second-order valence-corrected chi connectivity index (χ2v) is 4.25. The van der Waals surface area contributed by atoms with E-state index >= 15 is 0 Å². The lowest BCUT2D eigenvalue weighted by Gasteiger charge is -2.25. The Bertz CT molecular complexity index is 136. The van der Waals surface area contributed by atoms with Crippen molar-refractivity contribution in [2.45, 2.75) is 34.1 Å². The summed E-state index contributed by atoms with van der Waals surface area (Å²) in [5.41, 5.74) is 1.25. The summed E-state index contributed by atoms with van der Waals surface area (Å²) in [4.78, 5) is 2.27. The fourth-order valence-corrected chi connectivity index (χ4v) is 1.04. The lowest BCUT2D eigenvalue weighted by molar-refractivity contribution is 0.347. The highest BCUT2D eigenvalue weighted by Gasteiger charge is 2.06. The van der Waals surface area contributed by atoms with E-state index in [9.17, 15) is 0 Å². The molecule has 0 aliphatic carbocycles. The van der Waals surface area contributed by atoms with Crippen molar-refractivity contribution in [1.82, 2.24) is 4.90 Å². The summed E-state index contributed by atoms with van der Waals surface area (Å²) in [5, 5.41) is 0. The first-order valence-corrected chi connectivity index (χ1v) is 4.85. The van der Waals surface area contributed by atoms with Crippen LogP contribution in [0.15, 0.2) is 12.3 Å². The van der Waals surface area contributed by atoms with E-state index in [1.807, 2.05) is 0 Å². The smallest absolute Gasteiger partial charge is 0.0174 e. The Morgan fingerprint density at radius 3 is 2.08 bits per heavy atom. The molecule has 0 fully saturated rings. The van der Waals surface area contributed by atoms with Crippen molar-refractivity contribution in [2.24, 2.45) is 11.8 Å². The van der Waals surface area contributed by atoms with Crippen LogP contribution in [0.5, 0.6) is 0 Å². The predicted octanol–water partition coefficient (Wildman–Crippen LogP) is 3.13. The Morgan fingerprint density at radius 1 is 1.25 bits per heavy atom. The maximum absolute atomic E-state index is 4.06. The van der Waals surface area contributed by atoms with Crippen LogP contribution in [0.2, 0.25) is 0 Å². The average Bonchev–Trinajstić information content (AvgIpc) is 1.98. The number of rotatable bonds is 5. The van der Waals surface area contributed by atoms with E-state index in [1.54, 1.807) is 0 Å². The molecule has 0 aliphatic heterocycles. The zero-order chi connectivity index (χ0) is 9.72. The Kier molecular flexibility index (Phi) is 5.03. The Balaban J connectivity index is 3.72. The van der Waals surface area contributed by atoms with Crippen molar-refractivity contribution in [2.75, 3.05) is 13.6 Å². The minimum Gasteiger partial charge on any atom is -0.378 e. The van der Waals surface area contributed by atoms with Gasteiger partial charge in [-0.15, -0.1) is 0 Å². The molecule has 0 saturated heterocycles. The summed E-state index contributed by atoms with van der Waals surface area (Å²) in [6.45, 7) is 14.1. The molecular formula is C11H23N. The third kappa shape index (κ3) is 4.42. The van der Waals surface area contributed by atoms with Gasteiger partial charge in [0.1, 0.15) is 0 Å². The topological polar surface area (TPSA) is 3.24 Å². The van der Waals surface area contributed by atoms with Gasteiger partial charge in [0.25, 0.3) is 0 Å². The van der Waals surface area contributed by atoms with Crippen LogP contribution < -0.4 is 0 Å². The average molecular weight is 169 g/mol. The first kappa shape index (κ1) is 11.5. The fourth-order valence-electron chi connectivity index (χ4n) is 1.04. The third-order valence-corrected chi connectivity index (χ3v) is 2.20. The largest absolute Gasteiger partial charge is 0.378 e. The van der Waals surface area contributed by atoms with Crippen LogP contribution in [0, 0.1) is 11.8 Å². The predicted molar refractivity (Wildman–Crippen MR) is 56.1 cm³/mol. The summed E-state index contributed by atoms with van der Waals surface area (Å²) in [7, 11) is 2.13. The highest BCUT2D eigenvalue weighted by molar-refractivity contribution is 4.95. The quantitative estimate of drug-likeness (QED) is 0.611. The molecule has 1 nitrogen and oxygen atoms in total. The summed E-state index contributed by atoms with van der Waals surface area (Å²) in [6.07, 6.45) is 1.25. The first-order valence-electron chi connectivity index (χ1n) is 4.85. The molecule has 0 aromatic heterocycles. The number of hydrogen-bond donors (Lipinski definition) is 0. The van der Waals surface area contributed by atoms with Crippen LogP contribution in [-0.2, 0) is 0 Å². The molecule has 0 aliphatic rings. The van der Waals surface area contributed by atoms with Gasteiger partial charge in [0.05, 0.1) is 0 Å². The Hall–Kier alpha value is -0.460. The molecule has 0 radical (unpaired) electrons. The van der Waals surface area contributed by atoms with Gasteiger partial charge in [-0.1, -0.05) is 34.3 Å². The Morgan fingerprint density at radius 2 is 1.75 bits per heavy atom. The number of nitrogens with zero attached hydrogens (tertiary/aromatic N) is 1. The molecule has 72 valence electrons. The molecule has 0 bridgehead atoms. The van der Waals surface area contributed by atoms with Gasteiger partial charge in [0, 0.05) is 19.3 Å². The minimum atomic E-state index is 0.571. The van der Waals surface area contributed by atoms with Gasteiger partial charge < -0.3 is 4.90 Å². The molecule has 0 amide bonds. The molecule has 0 N–H and O–H groups in total. The van der Waals surface area contributed by atoms with E-state index in [0.29, 0.717) is 5.92 Å². The van der Waals surface area contributed by atoms with Gasteiger partial charge in [-0.2, -0.15) is 0 Å². The zero-order valence-electron chi connectivity index (χ0n) is 9.22. The van der Waals surface area contributed by atoms with Crippen molar-refractivity contribution in [1.29, 1.82) is 0 Å². The second-order valence-electron chi connectivity index (χ2n) is 4.25. The standard InChI is InChI=1S/C11H23N/c1-9(2)7-8-12(6)11(5)10(3)4/h9-10H,5,7-8H2,1-4,6H3. The monoisotopic (exact) mass is 169 g/mol. The van der Waals surface area contributed by atoms with Crippen molar-refractivity contribution in [3.63, 3.8) is 0 Å². The van der Waals surface area contributed by atoms with E-state index in [-0.39, 0.29) is 0 Å². The molecule has 0 spiro atoms. The van der Waals surface area contributed by atoms with Crippen LogP contribution in [0.3, 0.4) is 0 Å². The molecular weight excluding hydrogens is 146 g/mol. The van der Waals surface area contributed by atoms with E-state index in [2.05, 4.69) is 46.2 Å². The van der Waals surface area contributed by atoms with Crippen molar-refractivity contribution < 1.29 is 0 Å². The highest BCUT2D eigenvalue weighted by atomic mass is 15.1. The number of hydrogen-bond acceptors (Lipinski definition) is 1. The number of allylic oxidation sites excluding steroid dienone is 1. The molecule has 0 rings (SSSR count). The summed E-state index contributed by atoms with van der Waals surface area (Å²) >= 11 is 0. The van der Waals surface area contributed by atoms with E-state index in [1.165, 1.54) is 12.1 Å². The van der Waals surface area contributed by atoms with Crippen molar-refractivity contribution in [3.8, 4) is 0 Å². The van der Waals surface area contributed by atoms with Crippen LogP contribution >= 0.6 is 0 Å². The highest BCUT2D eigenvalue weighted by Crippen LogP contribution is 2.12. The van der Waals surface area contributed by atoms with Gasteiger partial charge in [0.2, 0.25) is 0 Å². The summed E-state index contributed by atoms with van der Waals surface area (Å²) in [5.74, 6) is 1.36. The van der Waals surface area contributed by atoms with Gasteiger partial charge in [-0.25, -0.2) is 0 Å². The molecule has 0 heterocycles. The lowest BCUT2D eigenvalue weighted by atomic mass is 10.1. The minimum absolute atomic E-state index is 0.571. The molecule has 0 saturated carbocycles. The molecule has 0 aromatic carbocycles. The lowest BCUT2D eigenvalue weighted by Crippen LogP contribution is -2.22. The van der Waals surface area contributed by atoms with Crippen LogP contribution in [0.1, 0.15) is 34.1 Å². The molecule has 12 heavy (non-hydrogen) atoms. The molecule has 0 unspecified atom stereocenters. The van der Waals surface area contributed by atoms with Gasteiger partial charge in [-0.3, -0.25) is 0 Å². The van der Waals surface area contributed by atoms with E-state index in [0.717, 1.165) is 12.5 Å². The maximum atomic E-state index is 4.06. The normalized spacial score (nSPS) is 10.9. The SMILES string of the molecule is C=C(C(C)C)N(C)CCC(C)C. The fraction of sp³-hybridized carbons (Fsp3) is 0.818. The van der Waals surface area contributed by atoms with Crippen LogP contribution in [-0.4, -0.2) is 18.5 Å². The van der Waals surface area contributed by atoms with Crippen LogP contribution in [0.4, 0.5) is 0 Å². The summed E-state index contributed by atoms with van der Waals surface area (Å²) in [6, 6.07) is 0.